The first kappa shape index (κ1) is 13.4. The first-order valence-corrected chi connectivity index (χ1v) is 8.53. The van der Waals surface area contributed by atoms with E-state index >= 15 is 0 Å². The zero-order chi connectivity index (χ0) is 15.1. The minimum atomic E-state index is 1.21. The average Bonchev–Trinajstić information content (AvgIpc) is 3.12. The summed E-state index contributed by atoms with van der Waals surface area (Å²) in [6.45, 7) is 4.00. The highest BCUT2D eigenvalue weighted by Crippen LogP contribution is 2.37. The summed E-state index contributed by atoms with van der Waals surface area (Å²) >= 11 is 1.87. The number of thiophene rings is 1. The van der Waals surface area contributed by atoms with Crippen LogP contribution in [0.5, 0.6) is 0 Å². The Morgan fingerprint density at radius 3 is 2.23 bits per heavy atom. The van der Waals surface area contributed by atoms with Crippen molar-refractivity contribution in [2.45, 2.75) is 13.8 Å². The van der Waals surface area contributed by atoms with Gasteiger partial charge in [-0.3, -0.25) is 0 Å². The van der Waals surface area contributed by atoms with Gasteiger partial charge in [-0.2, -0.15) is 0 Å². The van der Waals surface area contributed by atoms with Crippen LogP contribution in [0.3, 0.4) is 0 Å². The summed E-state index contributed by atoms with van der Waals surface area (Å²) in [5.41, 5.74) is 2.44. The van der Waals surface area contributed by atoms with Gasteiger partial charge in [0.25, 0.3) is 0 Å². The van der Waals surface area contributed by atoms with Gasteiger partial charge < -0.3 is 4.98 Å². The molecule has 1 nitrogen and oxygen atoms in total. The molecule has 0 bridgehead atoms. The van der Waals surface area contributed by atoms with Gasteiger partial charge in [-0.15, -0.1) is 11.3 Å². The number of benzene rings is 3. The zero-order valence-electron chi connectivity index (χ0n) is 12.7. The predicted octanol–water partition coefficient (Wildman–Crippen LogP) is 6.72. The fraction of sp³-hybridized carbons (Fsp3) is 0.100. The SMILES string of the molecule is CC.c1ccc2c(c1)[nH]c1cc3c(cc12)sc1ccccc13. The minimum absolute atomic E-state index is 1.21. The van der Waals surface area contributed by atoms with Crippen LogP contribution >= 0.6 is 11.3 Å². The Morgan fingerprint density at radius 1 is 0.636 bits per heavy atom. The lowest BCUT2D eigenvalue weighted by molar-refractivity contribution is 1.50. The Kier molecular flexibility index (Phi) is 3.12. The highest BCUT2D eigenvalue weighted by atomic mass is 32.1. The van der Waals surface area contributed by atoms with Crippen LogP contribution in [0.15, 0.2) is 60.7 Å². The molecule has 0 fully saturated rings. The maximum absolute atomic E-state index is 3.53. The van der Waals surface area contributed by atoms with Crippen LogP contribution in [-0.4, -0.2) is 4.98 Å². The van der Waals surface area contributed by atoms with Crippen molar-refractivity contribution >= 4 is 53.3 Å². The van der Waals surface area contributed by atoms with Crippen LogP contribution in [0, 0.1) is 0 Å². The first-order chi connectivity index (χ1) is 10.9. The summed E-state index contributed by atoms with van der Waals surface area (Å²) in [6.07, 6.45) is 0. The highest BCUT2D eigenvalue weighted by Gasteiger charge is 2.09. The number of hydrogen-bond donors (Lipinski definition) is 1. The Hall–Kier alpha value is -2.32. The molecule has 3 aromatic carbocycles. The number of para-hydroxylation sites is 1. The first-order valence-electron chi connectivity index (χ1n) is 7.72. The Labute approximate surface area is 133 Å². The molecule has 108 valence electrons. The van der Waals surface area contributed by atoms with Gasteiger partial charge in [0, 0.05) is 42.0 Å². The Morgan fingerprint density at radius 2 is 1.36 bits per heavy atom. The molecule has 2 aromatic heterocycles. The van der Waals surface area contributed by atoms with Crippen LogP contribution in [0.25, 0.3) is 42.0 Å². The van der Waals surface area contributed by atoms with Crippen molar-refractivity contribution in [1.82, 2.24) is 4.98 Å². The summed E-state index contributed by atoms with van der Waals surface area (Å²) < 4.78 is 2.72. The van der Waals surface area contributed by atoms with Crippen molar-refractivity contribution in [2.24, 2.45) is 0 Å². The molecule has 1 N–H and O–H groups in total. The topological polar surface area (TPSA) is 15.8 Å². The second kappa shape index (κ2) is 5.15. The Bertz CT molecular complexity index is 1010. The monoisotopic (exact) mass is 303 g/mol. The summed E-state index contributed by atoms with van der Waals surface area (Å²) in [7, 11) is 0. The van der Waals surface area contributed by atoms with Gasteiger partial charge in [0.15, 0.2) is 0 Å². The predicted molar refractivity (Wildman–Crippen MR) is 100 cm³/mol. The maximum Gasteiger partial charge on any atom is 0.0472 e. The van der Waals surface area contributed by atoms with Gasteiger partial charge in [0.2, 0.25) is 0 Å². The van der Waals surface area contributed by atoms with Gasteiger partial charge in [0.1, 0.15) is 0 Å². The van der Waals surface area contributed by atoms with E-state index in [1.54, 1.807) is 0 Å². The van der Waals surface area contributed by atoms with Crippen molar-refractivity contribution in [2.75, 3.05) is 0 Å². The van der Waals surface area contributed by atoms with Gasteiger partial charge in [-0.05, 0) is 24.3 Å². The lowest BCUT2D eigenvalue weighted by atomic mass is 10.1. The average molecular weight is 303 g/mol. The fourth-order valence-electron chi connectivity index (χ4n) is 3.07. The molecule has 5 rings (SSSR count). The number of hydrogen-bond acceptors (Lipinski definition) is 1. The molecule has 22 heavy (non-hydrogen) atoms. The third kappa shape index (κ3) is 1.84. The lowest BCUT2D eigenvalue weighted by Crippen LogP contribution is -1.69. The third-order valence-corrected chi connectivity index (χ3v) is 5.14. The molecule has 0 atom stereocenters. The molecular formula is C20H17NS. The van der Waals surface area contributed by atoms with Gasteiger partial charge in [-0.25, -0.2) is 0 Å². The third-order valence-electron chi connectivity index (χ3n) is 4.00. The molecule has 0 aliphatic carbocycles. The number of H-pyrrole nitrogens is 1. The second-order valence-electron chi connectivity index (χ2n) is 5.16. The van der Waals surface area contributed by atoms with Crippen LogP contribution in [0.1, 0.15) is 13.8 Å². The Balaban J connectivity index is 0.000000602. The van der Waals surface area contributed by atoms with Crippen molar-refractivity contribution in [3.05, 3.63) is 60.7 Å². The molecule has 0 spiro atoms. The van der Waals surface area contributed by atoms with E-state index in [2.05, 4.69) is 65.6 Å². The number of rotatable bonds is 0. The van der Waals surface area contributed by atoms with Crippen LogP contribution in [0.2, 0.25) is 0 Å². The number of fused-ring (bicyclic) bond motifs is 6. The molecule has 0 saturated carbocycles. The summed E-state index contributed by atoms with van der Waals surface area (Å²) in [5, 5.41) is 5.33. The van der Waals surface area contributed by atoms with Gasteiger partial charge >= 0.3 is 0 Å². The second-order valence-corrected chi connectivity index (χ2v) is 6.25. The van der Waals surface area contributed by atoms with E-state index in [0.717, 1.165) is 0 Å². The van der Waals surface area contributed by atoms with E-state index < -0.39 is 0 Å². The number of aromatic amines is 1. The van der Waals surface area contributed by atoms with Crippen molar-refractivity contribution < 1.29 is 0 Å². The van der Waals surface area contributed by atoms with E-state index in [1.165, 1.54) is 42.0 Å². The molecule has 0 aliphatic rings. The standard InChI is InChI=1S/C18H11NS.C2H6/c1-3-7-15-11(5-1)13-10-18-14(9-16(13)19-15)12-6-2-4-8-17(12)20-18;1-2/h1-10,19H;1-2H3. The van der Waals surface area contributed by atoms with Crippen LogP contribution in [0.4, 0.5) is 0 Å². The summed E-state index contributed by atoms with van der Waals surface area (Å²) in [5.74, 6) is 0. The van der Waals surface area contributed by atoms with E-state index in [-0.39, 0.29) is 0 Å². The lowest BCUT2D eigenvalue weighted by Gasteiger charge is -1.93. The molecule has 0 saturated heterocycles. The van der Waals surface area contributed by atoms with Gasteiger partial charge in [0.05, 0.1) is 0 Å². The van der Waals surface area contributed by atoms with Crippen LogP contribution < -0.4 is 0 Å². The van der Waals surface area contributed by atoms with Crippen LogP contribution in [-0.2, 0) is 0 Å². The quantitative estimate of drug-likeness (QED) is 0.327. The summed E-state index contributed by atoms with van der Waals surface area (Å²) in [6, 6.07) is 21.8. The van der Waals surface area contributed by atoms with E-state index in [0.29, 0.717) is 0 Å². The molecule has 0 radical (unpaired) electrons. The number of aromatic nitrogens is 1. The van der Waals surface area contributed by atoms with Crippen molar-refractivity contribution in [3.8, 4) is 0 Å². The molecule has 0 unspecified atom stereocenters. The number of nitrogens with one attached hydrogen (secondary N) is 1. The summed E-state index contributed by atoms with van der Waals surface area (Å²) in [4.78, 5) is 3.53. The van der Waals surface area contributed by atoms with E-state index in [9.17, 15) is 0 Å². The van der Waals surface area contributed by atoms with Gasteiger partial charge in [-0.1, -0.05) is 50.2 Å². The molecule has 2 heteroatoms. The minimum Gasteiger partial charge on any atom is -0.354 e. The normalized spacial score (nSPS) is 11.2. The largest absolute Gasteiger partial charge is 0.354 e. The molecule has 5 aromatic rings. The highest BCUT2D eigenvalue weighted by molar-refractivity contribution is 7.25. The zero-order valence-corrected chi connectivity index (χ0v) is 13.5. The fourth-order valence-corrected chi connectivity index (χ4v) is 4.20. The molecule has 0 aliphatic heterocycles. The van der Waals surface area contributed by atoms with Crippen molar-refractivity contribution in [3.63, 3.8) is 0 Å². The molecule has 0 amide bonds. The molecular weight excluding hydrogens is 286 g/mol. The van der Waals surface area contributed by atoms with E-state index in [4.69, 9.17) is 0 Å². The van der Waals surface area contributed by atoms with Crippen molar-refractivity contribution in [1.29, 1.82) is 0 Å². The molecule has 2 heterocycles. The smallest absolute Gasteiger partial charge is 0.0472 e. The van der Waals surface area contributed by atoms with E-state index in [1.807, 2.05) is 25.2 Å². The maximum atomic E-state index is 3.53.